The van der Waals surface area contributed by atoms with Crippen LogP contribution in [-0.2, 0) is 17.8 Å². The smallest absolute Gasteiger partial charge is 0.235 e. The molecule has 0 aliphatic carbocycles. The Balaban J connectivity index is 1.57. The van der Waals surface area contributed by atoms with Gasteiger partial charge in [-0.25, -0.2) is 9.07 Å². The molecule has 0 radical (unpaired) electrons. The second-order valence-corrected chi connectivity index (χ2v) is 6.88. The lowest BCUT2D eigenvalue weighted by Gasteiger charge is -2.09. The molecule has 0 aliphatic heterocycles. The number of nitrogens with zero attached hydrogens (tertiary/aromatic N) is 2. The van der Waals surface area contributed by atoms with Crippen molar-refractivity contribution in [3.05, 3.63) is 77.7 Å². The van der Waals surface area contributed by atoms with Crippen LogP contribution in [0.2, 0.25) is 0 Å². The number of anilines is 1. The Morgan fingerprint density at radius 1 is 1.08 bits per heavy atom. The number of hydrogen-bond acceptors (Lipinski definition) is 3. The molecular weight excluding hydrogens is 349 g/mol. The van der Waals surface area contributed by atoms with Crippen LogP contribution in [0.25, 0.3) is 0 Å². The maximum atomic E-state index is 12.9. The Kier molecular flexibility index (Phi) is 6.07. The number of hydrogen-bond donors (Lipinski definition) is 1. The Morgan fingerprint density at radius 2 is 1.77 bits per heavy atom. The fourth-order valence-electron chi connectivity index (χ4n) is 2.48. The van der Waals surface area contributed by atoms with Crippen molar-refractivity contribution >= 4 is 23.5 Å². The summed E-state index contributed by atoms with van der Waals surface area (Å²) in [6.07, 6.45) is 2.68. The van der Waals surface area contributed by atoms with Crippen molar-refractivity contribution in [1.29, 1.82) is 0 Å². The number of benzene rings is 2. The van der Waals surface area contributed by atoms with E-state index in [4.69, 9.17) is 0 Å². The molecule has 1 N–H and O–H groups in total. The van der Waals surface area contributed by atoms with Gasteiger partial charge in [0.2, 0.25) is 5.91 Å². The minimum atomic E-state index is -0.283. The first-order valence-corrected chi connectivity index (χ1v) is 9.40. The molecule has 1 amide bonds. The van der Waals surface area contributed by atoms with E-state index in [0.29, 0.717) is 12.4 Å². The van der Waals surface area contributed by atoms with Crippen molar-refractivity contribution in [2.45, 2.75) is 24.8 Å². The first-order chi connectivity index (χ1) is 12.6. The lowest BCUT2D eigenvalue weighted by atomic mass is 10.1. The van der Waals surface area contributed by atoms with Crippen LogP contribution in [0.4, 0.5) is 10.2 Å². The van der Waals surface area contributed by atoms with Crippen molar-refractivity contribution in [3.63, 3.8) is 0 Å². The van der Waals surface area contributed by atoms with Crippen LogP contribution >= 0.6 is 11.8 Å². The highest BCUT2D eigenvalue weighted by molar-refractivity contribution is 8.00. The van der Waals surface area contributed by atoms with Crippen molar-refractivity contribution in [3.8, 4) is 0 Å². The molecular formula is C20H20FN3OS. The highest BCUT2D eigenvalue weighted by atomic mass is 32.2. The van der Waals surface area contributed by atoms with E-state index in [1.807, 2.05) is 0 Å². The molecule has 1 heterocycles. The molecule has 1 aromatic heterocycles. The predicted molar refractivity (Wildman–Crippen MR) is 103 cm³/mol. The average Bonchev–Trinajstić information content (AvgIpc) is 3.08. The van der Waals surface area contributed by atoms with E-state index in [9.17, 15) is 9.18 Å². The zero-order valence-corrected chi connectivity index (χ0v) is 15.3. The fourth-order valence-corrected chi connectivity index (χ4v) is 3.18. The van der Waals surface area contributed by atoms with Gasteiger partial charge in [0, 0.05) is 11.0 Å². The number of rotatable bonds is 7. The minimum absolute atomic E-state index is 0.123. The Labute approximate surface area is 156 Å². The first-order valence-electron chi connectivity index (χ1n) is 8.42. The third-order valence-electron chi connectivity index (χ3n) is 3.93. The summed E-state index contributed by atoms with van der Waals surface area (Å²) in [4.78, 5) is 13.0. The molecule has 0 atom stereocenters. The van der Waals surface area contributed by atoms with E-state index in [-0.39, 0.29) is 17.5 Å². The standard InChI is InChI=1S/C20H20FN3OS/c1-2-15-3-5-16(6-4-15)13-24-19(11-12-22-24)23-20(25)14-26-18-9-7-17(21)8-10-18/h3-12H,2,13-14H2,1H3,(H,23,25). The zero-order chi connectivity index (χ0) is 18.4. The number of carbonyl (C=O) groups is 1. The molecule has 0 fully saturated rings. The van der Waals surface area contributed by atoms with E-state index in [2.05, 4.69) is 41.6 Å². The van der Waals surface area contributed by atoms with Crippen LogP contribution in [0, 0.1) is 5.82 Å². The second-order valence-electron chi connectivity index (χ2n) is 5.83. The summed E-state index contributed by atoms with van der Waals surface area (Å²) in [6, 6.07) is 16.3. The quantitative estimate of drug-likeness (QED) is 0.629. The van der Waals surface area contributed by atoms with Crippen molar-refractivity contribution in [1.82, 2.24) is 9.78 Å². The lowest BCUT2D eigenvalue weighted by Crippen LogP contribution is -2.17. The van der Waals surface area contributed by atoms with Gasteiger partial charge in [-0.15, -0.1) is 11.8 Å². The Hall–Kier alpha value is -2.60. The third kappa shape index (κ3) is 4.95. The molecule has 6 heteroatoms. The summed E-state index contributed by atoms with van der Waals surface area (Å²) < 4.78 is 14.7. The maximum absolute atomic E-state index is 12.9. The van der Waals surface area contributed by atoms with Crippen LogP contribution in [-0.4, -0.2) is 21.4 Å². The van der Waals surface area contributed by atoms with Crippen molar-refractivity contribution < 1.29 is 9.18 Å². The molecule has 134 valence electrons. The first kappa shape index (κ1) is 18.2. The third-order valence-corrected chi connectivity index (χ3v) is 4.94. The van der Waals surface area contributed by atoms with E-state index < -0.39 is 0 Å². The van der Waals surface area contributed by atoms with Gasteiger partial charge in [-0.1, -0.05) is 31.2 Å². The van der Waals surface area contributed by atoms with Gasteiger partial charge in [0.1, 0.15) is 11.6 Å². The number of carbonyl (C=O) groups excluding carboxylic acids is 1. The molecule has 0 unspecified atom stereocenters. The number of aryl methyl sites for hydroxylation is 1. The van der Waals surface area contributed by atoms with Crippen molar-refractivity contribution in [2.24, 2.45) is 0 Å². The Morgan fingerprint density at radius 3 is 2.46 bits per heavy atom. The Bertz CT molecular complexity index is 860. The van der Waals surface area contributed by atoms with Crippen molar-refractivity contribution in [2.75, 3.05) is 11.1 Å². The van der Waals surface area contributed by atoms with Gasteiger partial charge in [0.15, 0.2) is 0 Å². The SMILES string of the molecule is CCc1ccc(Cn2nccc2NC(=O)CSc2ccc(F)cc2)cc1. The van der Waals surface area contributed by atoms with E-state index >= 15 is 0 Å². The number of halogens is 1. The second kappa shape index (κ2) is 8.67. The lowest BCUT2D eigenvalue weighted by molar-refractivity contribution is -0.113. The van der Waals surface area contributed by atoms with Gasteiger partial charge in [-0.2, -0.15) is 5.10 Å². The normalized spacial score (nSPS) is 10.7. The van der Waals surface area contributed by atoms with Gasteiger partial charge in [-0.05, 0) is 41.8 Å². The number of amides is 1. The molecule has 2 aromatic carbocycles. The van der Waals surface area contributed by atoms with Gasteiger partial charge < -0.3 is 5.32 Å². The van der Waals surface area contributed by atoms with E-state index in [1.54, 1.807) is 29.1 Å². The van der Waals surface area contributed by atoms with Gasteiger partial charge in [-0.3, -0.25) is 4.79 Å². The average molecular weight is 369 g/mol. The van der Waals surface area contributed by atoms with Crippen LogP contribution in [0.3, 0.4) is 0 Å². The zero-order valence-electron chi connectivity index (χ0n) is 14.5. The van der Waals surface area contributed by atoms with Gasteiger partial charge in [0.05, 0.1) is 18.5 Å². The molecule has 0 bridgehead atoms. The van der Waals surface area contributed by atoms with Crippen LogP contribution < -0.4 is 5.32 Å². The van der Waals surface area contributed by atoms with Gasteiger partial charge >= 0.3 is 0 Å². The number of nitrogens with one attached hydrogen (secondary N) is 1. The number of aromatic nitrogens is 2. The number of thioether (sulfide) groups is 1. The minimum Gasteiger partial charge on any atom is -0.310 e. The van der Waals surface area contributed by atoms with E-state index in [1.165, 1.54) is 29.5 Å². The molecule has 3 rings (SSSR count). The van der Waals surface area contributed by atoms with Crippen LogP contribution in [0.1, 0.15) is 18.1 Å². The molecule has 4 nitrogen and oxygen atoms in total. The molecule has 0 aliphatic rings. The summed E-state index contributed by atoms with van der Waals surface area (Å²) in [7, 11) is 0. The summed E-state index contributed by atoms with van der Waals surface area (Å²) in [5.74, 6) is 0.508. The summed E-state index contributed by atoms with van der Waals surface area (Å²) in [6.45, 7) is 2.72. The monoisotopic (exact) mass is 369 g/mol. The highest BCUT2D eigenvalue weighted by Gasteiger charge is 2.09. The molecule has 26 heavy (non-hydrogen) atoms. The summed E-state index contributed by atoms with van der Waals surface area (Å²) >= 11 is 1.36. The largest absolute Gasteiger partial charge is 0.310 e. The van der Waals surface area contributed by atoms with Crippen LogP contribution in [0.15, 0.2) is 65.7 Å². The summed E-state index contributed by atoms with van der Waals surface area (Å²) in [5, 5.41) is 7.17. The molecule has 3 aromatic rings. The predicted octanol–water partition coefficient (Wildman–Crippen LogP) is 4.36. The molecule has 0 saturated carbocycles. The molecule has 0 spiro atoms. The van der Waals surface area contributed by atoms with Gasteiger partial charge in [0.25, 0.3) is 0 Å². The topological polar surface area (TPSA) is 46.9 Å². The highest BCUT2D eigenvalue weighted by Crippen LogP contribution is 2.19. The summed E-state index contributed by atoms with van der Waals surface area (Å²) in [5.41, 5.74) is 2.42. The maximum Gasteiger partial charge on any atom is 0.235 e. The fraction of sp³-hybridized carbons (Fsp3) is 0.200. The van der Waals surface area contributed by atoms with Crippen LogP contribution in [0.5, 0.6) is 0 Å². The molecule has 0 saturated heterocycles. The van der Waals surface area contributed by atoms with E-state index in [0.717, 1.165) is 16.9 Å².